The van der Waals surface area contributed by atoms with Gasteiger partial charge in [-0.25, -0.2) is 4.79 Å². The van der Waals surface area contributed by atoms with Crippen LogP contribution in [0.3, 0.4) is 0 Å². The zero-order valence-electron chi connectivity index (χ0n) is 13.5. The van der Waals surface area contributed by atoms with E-state index < -0.39 is 5.63 Å². The maximum absolute atomic E-state index is 11.8. The highest BCUT2D eigenvalue weighted by molar-refractivity contribution is 5.84. The van der Waals surface area contributed by atoms with Gasteiger partial charge in [0.25, 0.3) is 0 Å². The highest BCUT2D eigenvalue weighted by atomic mass is 16.5. The summed E-state index contributed by atoms with van der Waals surface area (Å²) in [5.41, 5.74) is 8.18. The SMILES string of the molecule is COc1cc2oc(=O)cc(CNc3ccccc3N)c2cc1OC. The first-order valence-electron chi connectivity index (χ1n) is 7.39. The predicted molar refractivity (Wildman–Crippen MR) is 93.8 cm³/mol. The molecule has 3 N–H and O–H groups in total. The van der Waals surface area contributed by atoms with Gasteiger partial charge in [0.15, 0.2) is 11.5 Å². The third kappa shape index (κ3) is 2.99. The van der Waals surface area contributed by atoms with Crippen LogP contribution in [0.25, 0.3) is 11.0 Å². The van der Waals surface area contributed by atoms with Crippen molar-refractivity contribution in [1.29, 1.82) is 0 Å². The molecule has 1 aromatic heterocycles. The molecule has 1 heterocycles. The number of nitrogen functional groups attached to an aromatic ring is 1. The second kappa shape index (κ2) is 6.54. The molecule has 24 heavy (non-hydrogen) atoms. The molecule has 0 fully saturated rings. The van der Waals surface area contributed by atoms with Gasteiger partial charge in [0, 0.05) is 24.1 Å². The van der Waals surface area contributed by atoms with Gasteiger partial charge >= 0.3 is 5.63 Å². The first-order chi connectivity index (χ1) is 11.6. The highest BCUT2D eigenvalue weighted by Crippen LogP contribution is 2.33. The lowest BCUT2D eigenvalue weighted by Gasteiger charge is -2.13. The number of nitrogens with one attached hydrogen (secondary N) is 1. The zero-order valence-corrected chi connectivity index (χ0v) is 13.5. The Hall–Kier alpha value is -3.15. The Bertz CT molecular complexity index is 934. The Morgan fingerprint density at radius 3 is 2.50 bits per heavy atom. The van der Waals surface area contributed by atoms with Crippen LogP contribution in [0.1, 0.15) is 5.56 Å². The van der Waals surface area contributed by atoms with E-state index >= 15 is 0 Å². The first-order valence-corrected chi connectivity index (χ1v) is 7.39. The molecule has 2 aromatic carbocycles. The van der Waals surface area contributed by atoms with Crippen molar-refractivity contribution in [2.75, 3.05) is 25.3 Å². The summed E-state index contributed by atoms with van der Waals surface area (Å²) >= 11 is 0. The average molecular weight is 326 g/mol. The Morgan fingerprint density at radius 1 is 1.08 bits per heavy atom. The lowest BCUT2D eigenvalue weighted by molar-refractivity contribution is 0.355. The summed E-state index contributed by atoms with van der Waals surface area (Å²) in [5, 5.41) is 4.01. The van der Waals surface area contributed by atoms with Crippen molar-refractivity contribution in [2.24, 2.45) is 0 Å². The molecule has 0 aliphatic carbocycles. The van der Waals surface area contributed by atoms with Gasteiger partial charge in [-0.1, -0.05) is 12.1 Å². The van der Waals surface area contributed by atoms with Gasteiger partial charge in [-0.05, 0) is 23.8 Å². The highest BCUT2D eigenvalue weighted by Gasteiger charge is 2.12. The number of rotatable bonds is 5. The molecule has 6 nitrogen and oxygen atoms in total. The Kier molecular flexibility index (Phi) is 4.29. The van der Waals surface area contributed by atoms with Crippen molar-refractivity contribution in [3.05, 3.63) is 58.4 Å². The number of fused-ring (bicyclic) bond motifs is 1. The summed E-state index contributed by atoms with van der Waals surface area (Å²) in [5.74, 6) is 1.07. The third-order valence-electron chi connectivity index (χ3n) is 3.76. The molecule has 0 aliphatic rings. The fourth-order valence-corrected chi connectivity index (χ4v) is 2.55. The van der Waals surface area contributed by atoms with Gasteiger partial charge in [-0.3, -0.25) is 0 Å². The van der Waals surface area contributed by atoms with E-state index in [0.717, 1.165) is 16.6 Å². The summed E-state index contributed by atoms with van der Waals surface area (Å²) in [7, 11) is 3.09. The standard InChI is InChI=1S/C18H18N2O4/c1-22-16-8-12-11(10-20-14-6-4-3-5-13(14)19)7-18(21)24-15(12)9-17(16)23-2/h3-9,20H,10,19H2,1-2H3. The second-order valence-corrected chi connectivity index (χ2v) is 5.23. The largest absolute Gasteiger partial charge is 0.493 e. The maximum Gasteiger partial charge on any atom is 0.336 e. The number of anilines is 2. The van der Waals surface area contributed by atoms with Crippen LogP contribution in [0, 0.1) is 0 Å². The summed E-state index contributed by atoms with van der Waals surface area (Å²) in [6, 6.07) is 12.4. The van der Waals surface area contributed by atoms with E-state index in [4.69, 9.17) is 19.6 Å². The molecule has 0 aliphatic heterocycles. The molecule has 0 radical (unpaired) electrons. The molecule has 0 amide bonds. The van der Waals surface area contributed by atoms with E-state index in [1.54, 1.807) is 19.2 Å². The first kappa shape index (κ1) is 15.7. The lowest BCUT2D eigenvalue weighted by atomic mass is 10.1. The van der Waals surface area contributed by atoms with Crippen LogP contribution >= 0.6 is 0 Å². The summed E-state index contributed by atoms with van der Waals surface area (Å²) in [4.78, 5) is 11.8. The second-order valence-electron chi connectivity index (χ2n) is 5.23. The zero-order chi connectivity index (χ0) is 17.1. The van der Waals surface area contributed by atoms with Gasteiger partial charge in [-0.2, -0.15) is 0 Å². The lowest BCUT2D eigenvalue weighted by Crippen LogP contribution is -2.07. The van der Waals surface area contributed by atoms with Crippen molar-refractivity contribution in [3.63, 3.8) is 0 Å². The van der Waals surface area contributed by atoms with E-state index in [9.17, 15) is 4.79 Å². The number of para-hydroxylation sites is 2. The summed E-state index contributed by atoms with van der Waals surface area (Å²) in [6.45, 7) is 0.422. The topological polar surface area (TPSA) is 86.7 Å². The van der Waals surface area contributed by atoms with Crippen molar-refractivity contribution < 1.29 is 13.9 Å². The maximum atomic E-state index is 11.8. The third-order valence-corrected chi connectivity index (χ3v) is 3.76. The number of ether oxygens (including phenoxy) is 2. The van der Waals surface area contributed by atoms with E-state index in [0.29, 0.717) is 29.3 Å². The molecule has 0 saturated heterocycles. The molecule has 3 aromatic rings. The number of hydrogen-bond acceptors (Lipinski definition) is 6. The van der Waals surface area contributed by atoms with Gasteiger partial charge in [-0.15, -0.1) is 0 Å². The number of hydrogen-bond donors (Lipinski definition) is 2. The van der Waals surface area contributed by atoms with Crippen molar-refractivity contribution in [2.45, 2.75) is 6.54 Å². The minimum absolute atomic E-state index is 0.422. The molecule has 124 valence electrons. The molecule has 0 saturated carbocycles. The molecule has 0 atom stereocenters. The summed E-state index contributed by atoms with van der Waals surface area (Å²) < 4.78 is 15.9. The van der Waals surface area contributed by atoms with E-state index in [1.165, 1.54) is 13.2 Å². The van der Waals surface area contributed by atoms with Gasteiger partial charge in [0.2, 0.25) is 0 Å². The van der Waals surface area contributed by atoms with Crippen LogP contribution in [0.5, 0.6) is 11.5 Å². The minimum Gasteiger partial charge on any atom is -0.493 e. The number of benzene rings is 2. The van der Waals surface area contributed by atoms with Crippen LogP contribution in [-0.4, -0.2) is 14.2 Å². The Balaban J connectivity index is 2.03. The number of nitrogens with two attached hydrogens (primary N) is 1. The Morgan fingerprint density at radius 2 is 1.79 bits per heavy atom. The fraction of sp³-hybridized carbons (Fsp3) is 0.167. The normalized spacial score (nSPS) is 10.6. The summed E-state index contributed by atoms with van der Waals surface area (Å²) in [6.07, 6.45) is 0. The predicted octanol–water partition coefficient (Wildman–Crippen LogP) is 3.00. The molecule has 0 unspecified atom stereocenters. The number of methoxy groups -OCH3 is 2. The fourth-order valence-electron chi connectivity index (χ4n) is 2.55. The molecular weight excluding hydrogens is 308 g/mol. The molecule has 0 spiro atoms. The van der Waals surface area contributed by atoms with Crippen LogP contribution in [0.4, 0.5) is 11.4 Å². The van der Waals surface area contributed by atoms with Crippen molar-refractivity contribution in [3.8, 4) is 11.5 Å². The molecular formula is C18H18N2O4. The van der Waals surface area contributed by atoms with Crippen molar-refractivity contribution >= 4 is 22.3 Å². The van der Waals surface area contributed by atoms with E-state index in [1.807, 2.05) is 24.3 Å². The minimum atomic E-state index is -0.424. The molecule has 3 rings (SSSR count). The van der Waals surface area contributed by atoms with E-state index in [-0.39, 0.29) is 0 Å². The smallest absolute Gasteiger partial charge is 0.336 e. The van der Waals surface area contributed by atoms with Gasteiger partial charge in [0.05, 0.1) is 25.6 Å². The Labute approximate surface area is 138 Å². The van der Waals surface area contributed by atoms with Crippen LogP contribution in [-0.2, 0) is 6.54 Å². The van der Waals surface area contributed by atoms with Crippen molar-refractivity contribution in [1.82, 2.24) is 0 Å². The van der Waals surface area contributed by atoms with Crippen LogP contribution in [0.2, 0.25) is 0 Å². The quantitative estimate of drug-likeness (QED) is 0.554. The van der Waals surface area contributed by atoms with E-state index in [2.05, 4.69) is 5.32 Å². The molecule has 0 bridgehead atoms. The van der Waals surface area contributed by atoms with Crippen LogP contribution in [0.15, 0.2) is 51.7 Å². The monoisotopic (exact) mass is 326 g/mol. The van der Waals surface area contributed by atoms with Crippen LogP contribution < -0.4 is 26.1 Å². The molecule has 6 heteroatoms. The van der Waals surface area contributed by atoms with Gasteiger partial charge < -0.3 is 24.9 Å². The average Bonchev–Trinajstić information content (AvgIpc) is 2.59. The van der Waals surface area contributed by atoms with Gasteiger partial charge in [0.1, 0.15) is 5.58 Å².